The molecule has 2 unspecified atom stereocenters. The first-order chi connectivity index (χ1) is 4.24. The Hall–Kier alpha value is 0.730. The predicted molar refractivity (Wildman–Crippen MR) is 50.0 cm³/mol. The van der Waals surface area contributed by atoms with Crippen LogP contribution in [0.5, 0.6) is 0 Å². The zero-order chi connectivity index (χ0) is 6.85. The quantitative estimate of drug-likeness (QED) is 0.486. The first kappa shape index (κ1) is 7.83. The van der Waals surface area contributed by atoms with E-state index in [0.717, 1.165) is 15.8 Å². The summed E-state index contributed by atoms with van der Waals surface area (Å²) in [5, 5.41) is 0. The number of rotatable bonds is 1. The molecule has 0 amide bonds. The van der Waals surface area contributed by atoms with Crippen LogP contribution in [-0.4, -0.2) is 3.92 Å². The van der Waals surface area contributed by atoms with Crippen molar-refractivity contribution in [3.8, 4) is 0 Å². The molecule has 1 aliphatic rings. The molecule has 54 valence electrons. The lowest BCUT2D eigenvalue weighted by Gasteiger charge is -2.03. The lowest BCUT2D eigenvalue weighted by atomic mass is 10.0. The van der Waals surface area contributed by atoms with Gasteiger partial charge in [0.25, 0.3) is 0 Å². The second kappa shape index (κ2) is 3.22. The molecule has 1 aliphatic carbocycles. The van der Waals surface area contributed by atoms with Crippen molar-refractivity contribution in [1.29, 1.82) is 0 Å². The molecule has 1 fully saturated rings. The van der Waals surface area contributed by atoms with Crippen LogP contribution in [0.2, 0.25) is 0 Å². The van der Waals surface area contributed by atoms with E-state index in [1.54, 1.807) is 0 Å². The van der Waals surface area contributed by atoms with E-state index in [9.17, 15) is 0 Å². The molecule has 1 rings (SSSR count). The molecule has 0 saturated heterocycles. The van der Waals surface area contributed by atoms with Gasteiger partial charge in [0.1, 0.15) is 0 Å². The van der Waals surface area contributed by atoms with Gasteiger partial charge in [-0.05, 0) is 24.7 Å². The van der Waals surface area contributed by atoms with Crippen molar-refractivity contribution in [1.82, 2.24) is 0 Å². The molecular formula is C8H15I. The van der Waals surface area contributed by atoms with E-state index in [1.165, 1.54) is 19.3 Å². The molecule has 1 saturated carbocycles. The Bertz CT molecular complexity index is 80.6. The molecule has 1 heteroatoms. The Labute approximate surface area is 71.5 Å². The Morgan fingerprint density at radius 3 is 2.33 bits per heavy atom. The highest BCUT2D eigenvalue weighted by molar-refractivity contribution is 14.1. The highest BCUT2D eigenvalue weighted by atomic mass is 127. The topological polar surface area (TPSA) is 0 Å². The Morgan fingerprint density at radius 1 is 1.44 bits per heavy atom. The van der Waals surface area contributed by atoms with Crippen LogP contribution in [0, 0.1) is 11.8 Å². The fraction of sp³-hybridized carbons (Fsp3) is 1.00. The van der Waals surface area contributed by atoms with Gasteiger partial charge in [-0.25, -0.2) is 0 Å². The molecule has 0 N–H and O–H groups in total. The third-order valence-corrected chi connectivity index (χ3v) is 4.19. The maximum absolute atomic E-state index is 2.60. The van der Waals surface area contributed by atoms with Gasteiger partial charge in [0.2, 0.25) is 0 Å². The van der Waals surface area contributed by atoms with Crippen molar-refractivity contribution >= 4 is 22.6 Å². The SMILES string of the molecule is CC[C@H]1CC(C)C(I)C1. The first-order valence-corrected chi connectivity index (χ1v) is 5.12. The van der Waals surface area contributed by atoms with E-state index in [4.69, 9.17) is 0 Å². The minimum Gasteiger partial charge on any atom is -0.0823 e. The van der Waals surface area contributed by atoms with Gasteiger partial charge in [-0.15, -0.1) is 0 Å². The second-order valence-corrected chi connectivity index (χ2v) is 4.84. The van der Waals surface area contributed by atoms with Crippen molar-refractivity contribution in [3.63, 3.8) is 0 Å². The molecule has 0 heterocycles. The standard InChI is InChI=1S/C8H15I/c1-3-7-4-6(2)8(9)5-7/h6-8H,3-5H2,1-2H3/t6?,7-,8?/m0/s1. The highest BCUT2D eigenvalue weighted by Crippen LogP contribution is 2.37. The molecule has 0 bridgehead atoms. The molecule has 0 aromatic heterocycles. The highest BCUT2D eigenvalue weighted by Gasteiger charge is 2.27. The van der Waals surface area contributed by atoms with E-state index in [-0.39, 0.29) is 0 Å². The number of hydrogen-bond donors (Lipinski definition) is 0. The van der Waals surface area contributed by atoms with Crippen LogP contribution >= 0.6 is 22.6 Å². The fourth-order valence-corrected chi connectivity index (χ4v) is 2.67. The third-order valence-electron chi connectivity index (χ3n) is 2.46. The second-order valence-electron chi connectivity index (χ2n) is 3.24. The third kappa shape index (κ3) is 1.82. The average Bonchev–Trinajstić information content (AvgIpc) is 2.13. The van der Waals surface area contributed by atoms with Gasteiger partial charge in [-0.1, -0.05) is 42.9 Å². The summed E-state index contributed by atoms with van der Waals surface area (Å²) in [5.74, 6) is 2.03. The van der Waals surface area contributed by atoms with E-state index in [1.807, 2.05) is 0 Å². The average molecular weight is 238 g/mol. The molecule has 3 atom stereocenters. The summed E-state index contributed by atoms with van der Waals surface area (Å²) >= 11 is 2.60. The lowest BCUT2D eigenvalue weighted by molar-refractivity contribution is 0.501. The van der Waals surface area contributed by atoms with Gasteiger partial charge < -0.3 is 0 Å². The largest absolute Gasteiger partial charge is 0.0823 e. The summed E-state index contributed by atoms with van der Waals surface area (Å²) in [6.45, 7) is 4.69. The van der Waals surface area contributed by atoms with Gasteiger partial charge in [0.05, 0.1) is 0 Å². The van der Waals surface area contributed by atoms with Crippen LogP contribution in [0.25, 0.3) is 0 Å². The van der Waals surface area contributed by atoms with Crippen molar-refractivity contribution in [2.24, 2.45) is 11.8 Å². The minimum absolute atomic E-state index is 0.965. The molecule has 0 nitrogen and oxygen atoms in total. The van der Waals surface area contributed by atoms with Crippen LogP contribution in [0.15, 0.2) is 0 Å². The molecule has 0 aromatic rings. The first-order valence-electron chi connectivity index (χ1n) is 3.88. The normalized spacial score (nSPS) is 43.7. The van der Waals surface area contributed by atoms with Crippen LogP contribution < -0.4 is 0 Å². The summed E-state index contributed by atoms with van der Waals surface area (Å²) in [6.07, 6.45) is 4.34. The number of halogens is 1. The van der Waals surface area contributed by atoms with Crippen LogP contribution in [0.4, 0.5) is 0 Å². The van der Waals surface area contributed by atoms with Crippen molar-refractivity contribution in [3.05, 3.63) is 0 Å². The predicted octanol–water partition coefficient (Wildman–Crippen LogP) is 3.25. The lowest BCUT2D eigenvalue weighted by Crippen LogP contribution is -1.98. The maximum atomic E-state index is 2.60. The number of alkyl halides is 1. The van der Waals surface area contributed by atoms with Gasteiger partial charge >= 0.3 is 0 Å². The maximum Gasteiger partial charge on any atom is 0.0138 e. The van der Waals surface area contributed by atoms with Crippen molar-refractivity contribution < 1.29 is 0 Å². The summed E-state index contributed by atoms with van der Waals surface area (Å²) in [4.78, 5) is 0. The fourth-order valence-electron chi connectivity index (χ4n) is 1.65. The van der Waals surface area contributed by atoms with Gasteiger partial charge in [-0.3, -0.25) is 0 Å². The van der Waals surface area contributed by atoms with Crippen LogP contribution in [0.3, 0.4) is 0 Å². The summed E-state index contributed by atoms with van der Waals surface area (Å²) < 4.78 is 0.965. The van der Waals surface area contributed by atoms with E-state index in [0.29, 0.717) is 0 Å². The zero-order valence-corrected chi connectivity index (χ0v) is 8.39. The van der Waals surface area contributed by atoms with Crippen molar-refractivity contribution in [2.75, 3.05) is 0 Å². The minimum atomic E-state index is 0.965. The van der Waals surface area contributed by atoms with Crippen LogP contribution in [-0.2, 0) is 0 Å². The van der Waals surface area contributed by atoms with E-state index < -0.39 is 0 Å². The smallest absolute Gasteiger partial charge is 0.0138 e. The molecular weight excluding hydrogens is 223 g/mol. The number of hydrogen-bond acceptors (Lipinski definition) is 0. The Morgan fingerprint density at radius 2 is 2.11 bits per heavy atom. The van der Waals surface area contributed by atoms with Gasteiger partial charge in [0.15, 0.2) is 0 Å². The molecule has 0 spiro atoms. The summed E-state index contributed by atoms with van der Waals surface area (Å²) in [7, 11) is 0. The van der Waals surface area contributed by atoms with Crippen molar-refractivity contribution in [2.45, 2.75) is 37.0 Å². The Balaban J connectivity index is 2.35. The molecule has 0 radical (unpaired) electrons. The molecule has 0 aromatic carbocycles. The van der Waals surface area contributed by atoms with Gasteiger partial charge in [0, 0.05) is 3.92 Å². The molecule has 9 heavy (non-hydrogen) atoms. The molecule has 0 aliphatic heterocycles. The van der Waals surface area contributed by atoms with Gasteiger partial charge in [-0.2, -0.15) is 0 Å². The Kier molecular flexibility index (Phi) is 2.80. The zero-order valence-electron chi connectivity index (χ0n) is 6.23. The monoisotopic (exact) mass is 238 g/mol. The van der Waals surface area contributed by atoms with E-state index >= 15 is 0 Å². The van der Waals surface area contributed by atoms with E-state index in [2.05, 4.69) is 36.4 Å². The van der Waals surface area contributed by atoms with Crippen LogP contribution in [0.1, 0.15) is 33.1 Å². The summed E-state index contributed by atoms with van der Waals surface area (Å²) in [6, 6.07) is 0. The summed E-state index contributed by atoms with van der Waals surface area (Å²) in [5.41, 5.74) is 0.